The first kappa shape index (κ1) is 14.7. The molecule has 0 aliphatic rings. The van der Waals surface area contributed by atoms with E-state index in [-0.39, 0.29) is 5.56 Å². The van der Waals surface area contributed by atoms with Gasteiger partial charge in [0.25, 0.3) is 5.91 Å². The van der Waals surface area contributed by atoms with E-state index in [1.807, 2.05) is 24.3 Å². The van der Waals surface area contributed by atoms with Crippen molar-refractivity contribution in [3.8, 4) is 0 Å². The maximum absolute atomic E-state index is 13.7. The summed E-state index contributed by atoms with van der Waals surface area (Å²) < 4.78 is 13.7. The molecular formula is C16H15BrFNO. The monoisotopic (exact) mass is 335 g/mol. The number of amides is 1. The van der Waals surface area contributed by atoms with Gasteiger partial charge in [0.2, 0.25) is 0 Å². The van der Waals surface area contributed by atoms with Crippen molar-refractivity contribution in [2.45, 2.75) is 13.3 Å². The van der Waals surface area contributed by atoms with Crippen LogP contribution in [0.2, 0.25) is 0 Å². The molecule has 2 rings (SSSR count). The van der Waals surface area contributed by atoms with Crippen molar-refractivity contribution in [1.82, 2.24) is 0 Å². The highest BCUT2D eigenvalue weighted by atomic mass is 79.9. The Hall–Kier alpha value is -1.68. The topological polar surface area (TPSA) is 29.1 Å². The van der Waals surface area contributed by atoms with Crippen LogP contribution in [0.3, 0.4) is 0 Å². The molecule has 2 aromatic carbocycles. The fourth-order valence-corrected chi connectivity index (χ4v) is 2.32. The average molecular weight is 336 g/mol. The summed E-state index contributed by atoms with van der Waals surface area (Å²) in [6.45, 7) is 1.79. The minimum absolute atomic E-state index is 0.0557. The first-order valence-electron chi connectivity index (χ1n) is 6.32. The third-order valence-corrected chi connectivity index (χ3v) is 3.36. The normalized spacial score (nSPS) is 10.3. The van der Waals surface area contributed by atoms with Crippen LogP contribution in [0, 0.1) is 12.7 Å². The van der Waals surface area contributed by atoms with E-state index in [1.54, 1.807) is 13.0 Å². The van der Waals surface area contributed by atoms with Crippen LogP contribution in [-0.4, -0.2) is 11.2 Å². The lowest BCUT2D eigenvalue weighted by atomic mass is 10.1. The predicted octanol–water partition coefficient (Wildman–Crippen LogP) is 4.32. The predicted molar refractivity (Wildman–Crippen MR) is 83.0 cm³/mol. The highest BCUT2D eigenvalue weighted by Crippen LogP contribution is 2.15. The van der Waals surface area contributed by atoms with Crippen LogP contribution in [0.1, 0.15) is 21.5 Å². The number of nitrogens with one attached hydrogen (secondary N) is 1. The number of hydrogen-bond donors (Lipinski definition) is 1. The highest BCUT2D eigenvalue weighted by molar-refractivity contribution is 9.09. The Kier molecular flexibility index (Phi) is 4.90. The van der Waals surface area contributed by atoms with E-state index >= 15 is 0 Å². The van der Waals surface area contributed by atoms with Gasteiger partial charge in [-0.1, -0.05) is 34.1 Å². The van der Waals surface area contributed by atoms with Crippen molar-refractivity contribution in [2.75, 3.05) is 10.6 Å². The maximum atomic E-state index is 13.7. The molecule has 1 N–H and O–H groups in total. The summed E-state index contributed by atoms with van der Waals surface area (Å²) in [5.74, 6) is -0.936. The Balaban J connectivity index is 2.11. The Bertz CT molecular complexity index is 610. The molecule has 0 saturated heterocycles. The summed E-state index contributed by atoms with van der Waals surface area (Å²) in [6.07, 6.45) is 0.931. The molecule has 0 bridgehead atoms. The molecule has 1 amide bonds. The first-order valence-corrected chi connectivity index (χ1v) is 7.44. The molecule has 0 fully saturated rings. The standard InChI is InChI=1S/C16H15BrFNO/c1-11-2-7-14(15(18)10-11)16(20)19-13-5-3-12(4-6-13)8-9-17/h2-7,10H,8-9H2,1H3,(H,19,20). The number of halogens is 2. The van der Waals surface area contributed by atoms with Gasteiger partial charge in [-0.15, -0.1) is 0 Å². The molecular weight excluding hydrogens is 321 g/mol. The number of anilines is 1. The van der Waals surface area contributed by atoms with Crippen LogP contribution in [0.15, 0.2) is 42.5 Å². The summed E-state index contributed by atoms with van der Waals surface area (Å²) in [5, 5.41) is 3.59. The molecule has 0 atom stereocenters. The SMILES string of the molecule is Cc1ccc(C(=O)Nc2ccc(CCBr)cc2)c(F)c1. The molecule has 0 spiro atoms. The minimum Gasteiger partial charge on any atom is -0.322 e. The van der Waals surface area contributed by atoms with Gasteiger partial charge in [-0.25, -0.2) is 4.39 Å². The second-order valence-corrected chi connectivity index (χ2v) is 5.37. The van der Waals surface area contributed by atoms with Gasteiger partial charge in [0.05, 0.1) is 5.56 Å². The molecule has 0 aromatic heterocycles. The van der Waals surface area contributed by atoms with Gasteiger partial charge in [-0.2, -0.15) is 0 Å². The van der Waals surface area contributed by atoms with Crippen LogP contribution in [0.4, 0.5) is 10.1 Å². The zero-order chi connectivity index (χ0) is 14.5. The van der Waals surface area contributed by atoms with Gasteiger partial charge >= 0.3 is 0 Å². The number of benzene rings is 2. The second kappa shape index (κ2) is 6.66. The van der Waals surface area contributed by atoms with Crippen LogP contribution in [0.25, 0.3) is 0 Å². The summed E-state index contributed by atoms with van der Waals surface area (Å²) >= 11 is 3.38. The molecule has 104 valence electrons. The van der Waals surface area contributed by atoms with E-state index in [1.165, 1.54) is 17.7 Å². The highest BCUT2D eigenvalue weighted by Gasteiger charge is 2.11. The van der Waals surface area contributed by atoms with Crippen molar-refractivity contribution in [3.05, 3.63) is 65.0 Å². The quantitative estimate of drug-likeness (QED) is 0.828. The zero-order valence-electron chi connectivity index (χ0n) is 11.1. The van der Waals surface area contributed by atoms with Gasteiger partial charge in [0, 0.05) is 11.0 Å². The van der Waals surface area contributed by atoms with Crippen molar-refractivity contribution >= 4 is 27.5 Å². The van der Waals surface area contributed by atoms with Crippen LogP contribution >= 0.6 is 15.9 Å². The number of carbonyl (C=O) groups is 1. The third kappa shape index (κ3) is 3.67. The lowest BCUT2D eigenvalue weighted by molar-refractivity contribution is 0.102. The lowest BCUT2D eigenvalue weighted by Crippen LogP contribution is -2.13. The molecule has 2 aromatic rings. The number of alkyl halides is 1. The smallest absolute Gasteiger partial charge is 0.258 e. The van der Waals surface area contributed by atoms with Crippen LogP contribution in [0.5, 0.6) is 0 Å². The molecule has 4 heteroatoms. The van der Waals surface area contributed by atoms with Gasteiger partial charge < -0.3 is 5.32 Å². The zero-order valence-corrected chi connectivity index (χ0v) is 12.7. The summed E-state index contributed by atoms with van der Waals surface area (Å²) in [6, 6.07) is 12.1. The summed E-state index contributed by atoms with van der Waals surface area (Å²) in [4.78, 5) is 12.0. The van der Waals surface area contributed by atoms with Crippen molar-refractivity contribution in [2.24, 2.45) is 0 Å². The molecule has 0 saturated carbocycles. The van der Waals surface area contributed by atoms with E-state index in [0.29, 0.717) is 5.69 Å². The Morgan fingerprint density at radius 2 is 1.90 bits per heavy atom. The molecule has 0 heterocycles. The van der Waals surface area contributed by atoms with Gasteiger partial charge in [-0.3, -0.25) is 4.79 Å². The van der Waals surface area contributed by atoms with E-state index in [2.05, 4.69) is 21.2 Å². The first-order chi connectivity index (χ1) is 9.60. The van der Waals surface area contributed by atoms with Crippen LogP contribution in [-0.2, 0) is 6.42 Å². The van der Waals surface area contributed by atoms with Gasteiger partial charge in [0.1, 0.15) is 5.82 Å². The van der Waals surface area contributed by atoms with Crippen molar-refractivity contribution in [3.63, 3.8) is 0 Å². The fourth-order valence-electron chi connectivity index (χ4n) is 1.87. The third-order valence-electron chi connectivity index (χ3n) is 2.96. The second-order valence-electron chi connectivity index (χ2n) is 4.57. The molecule has 20 heavy (non-hydrogen) atoms. The molecule has 0 aliphatic carbocycles. The van der Waals surface area contributed by atoms with E-state index in [9.17, 15) is 9.18 Å². The number of aryl methyl sites for hydroxylation is 2. The largest absolute Gasteiger partial charge is 0.322 e. The van der Waals surface area contributed by atoms with Crippen molar-refractivity contribution < 1.29 is 9.18 Å². The fraction of sp³-hybridized carbons (Fsp3) is 0.188. The Morgan fingerprint density at radius 3 is 2.50 bits per heavy atom. The number of rotatable bonds is 4. The van der Waals surface area contributed by atoms with Gasteiger partial charge in [0.15, 0.2) is 0 Å². The van der Waals surface area contributed by atoms with E-state index in [0.717, 1.165) is 17.3 Å². The number of carbonyl (C=O) groups excluding carboxylic acids is 1. The van der Waals surface area contributed by atoms with Crippen LogP contribution < -0.4 is 5.32 Å². The van der Waals surface area contributed by atoms with Crippen molar-refractivity contribution in [1.29, 1.82) is 0 Å². The Morgan fingerprint density at radius 1 is 1.20 bits per heavy atom. The Labute approximate surface area is 126 Å². The summed E-state index contributed by atoms with van der Waals surface area (Å²) in [5.41, 5.74) is 2.69. The molecule has 0 aliphatic heterocycles. The van der Waals surface area contributed by atoms with E-state index < -0.39 is 11.7 Å². The number of hydrogen-bond acceptors (Lipinski definition) is 1. The van der Waals surface area contributed by atoms with E-state index in [4.69, 9.17) is 0 Å². The minimum atomic E-state index is -0.501. The van der Waals surface area contributed by atoms with Gasteiger partial charge in [-0.05, 0) is 48.7 Å². The summed E-state index contributed by atoms with van der Waals surface area (Å²) in [7, 11) is 0. The lowest BCUT2D eigenvalue weighted by Gasteiger charge is -2.07. The average Bonchev–Trinajstić information content (AvgIpc) is 2.41. The molecule has 0 unspecified atom stereocenters. The molecule has 0 radical (unpaired) electrons. The maximum Gasteiger partial charge on any atom is 0.258 e. The molecule has 2 nitrogen and oxygen atoms in total.